The first-order valence-electron chi connectivity index (χ1n) is 5.75. The van der Waals surface area contributed by atoms with E-state index in [2.05, 4.69) is 36.6 Å². The standard InChI is InChI=1S/C13H13Br2NO2S2/c1-13(2,9-3-5-10(14)6-4-9)16-20(17,18)12-11(15)7-8-19-12/h3-8,16H,1-2H3. The molecular weight excluding hydrogens is 426 g/mol. The topological polar surface area (TPSA) is 46.2 Å². The molecule has 2 aromatic rings. The van der Waals surface area contributed by atoms with Crippen LogP contribution in [-0.4, -0.2) is 8.42 Å². The summed E-state index contributed by atoms with van der Waals surface area (Å²) in [5, 5.41) is 1.74. The van der Waals surface area contributed by atoms with Gasteiger partial charge in [-0.3, -0.25) is 0 Å². The van der Waals surface area contributed by atoms with Crippen molar-refractivity contribution in [3.8, 4) is 0 Å². The maximum atomic E-state index is 12.4. The number of rotatable bonds is 4. The first-order valence-corrected chi connectivity index (χ1v) is 9.70. The Bertz CT molecular complexity index is 706. The predicted molar refractivity (Wildman–Crippen MR) is 89.5 cm³/mol. The van der Waals surface area contributed by atoms with Crippen molar-refractivity contribution in [1.29, 1.82) is 0 Å². The van der Waals surface area contributed by atoms with Gasteiger partial charge in [-0.15, -0.1) is 11.3 Å². The zero-order chi connectivity index (χ0) is 15.0. The summed E-state index contributed by atoms with van der Waals surface area (Å²) in [5.41, 5.74) is 0.208. The van der Waals surface area contributed by atoms with Crippen molar-refractivity contribution >= 4 is 53.2 Å². The third-order valence-electron chi connectivity index (χ3n) is 2.78. The van der Waals surface area contributed by atoms with E-state index in [9.17, 15) is 8.42 Å². The number of halogens is 2. The number of hydrogen-bond acceptors (Lipinski definition) is 3. The second kappa shape index (κ2) is 5.88. The summed E-state index contributed by atoms with van der Waals surface area (Å²) in [5.74, 6) is 0. The molecule has 0 atom stereocenters. The molecule has 1 aromatic carbocycles. The van der Waals surface area contributed by atoms with Gasteiger partial charge in [0.15, 0.2) is 0 Å². The van der Waals surface area contributed by atoms with Crippen molar-refractivity contribution in [2.75, 3.05) is 0 Å². The lowest BCUT2D eigenvalue weighted by atomic mass is 9.96. The molecule has 20 heavy (non-hydrogen) atoms. The van der Waals surface area contributed by atoms with E-state index in [4.69, 9.17) is 0 Å². The van der Waals surface area contributed by atoms with Gasteiger partial charge in [-0.25, -0.2) is 13.1 Å². The van der Waals surface area contributed by atoms with Crippen molar-refractivity contribution in [1.82, 2.24) is 4.72 Å². The summed E-state index contributed by atoms with van der Waals surface area (Å²) < 4.78 is 29.4. The second-order valence-electron chi connectivity index (χ2n) is 4.79. The van der Waals surface area contributed by atoms with Crippen LogP contribution in [0.5, 0.6) is 0 Å². The molecule has 1 aromatic heterocycles. The van der Waals surface area contributed by atoms with Crippen LogP contribution in [0.15, 0.2) is 48.9 Å². The van der Waals surface area contributed by atoms with E-state index in [0.29, 0.717) is 8.68 Å². The van der Waals surface area contributed by atoms with Crippen LogP contribution in [0, 0.1) is 0 Å². The lowest BCUT2D eigenvalue weighted by Crippen LogP contribution is -2.40. The number of nitrogens with one attached hydrogen (secondary N) is 1. The fraction of sp³-hybridized carbons (Fsp3) is 0.231. The monoisotopic (exact) mass is 437 g/mol. The molecule has 7 heteroatoms. The van der Waals surface area contributed by atoms with Crippen LogP contribution in [0.2, 0.25) is 0 Å². The van der Waals surface area contributed by atoms with Gasteiger partial charge in [-0.05, 0) is 58.9 Å². The van der Waals surface area contributed by atoms with E-state index in [1.54, 1.807) is 11.4 Å². The summed E-state index contributed by atoms with van der Waals surface area (Å²) in [7, 11) is -3.55. The lowest BCUT2D eigenvalue weighted by Gasteiger charge is -2.26. The molecule has 0 radical (unpaired) electrons. The van der Waals surface area contributed by atoms with E-state index in [-0.39, 0.29) is 0 Å². The van der Waals surface area contributed by atoms with Gasteiger partial charge in [-0.2, -0.15) is 0 Å². The van der Waals surface area contributed by atoms with Crippen molar-refractivity contribution < 1.29 is 8.42 Å². The maximum Gasteiger partial charge on any atom is 0.251 e. The summed E-state index contributed by atoms with van der Waals surface area (Å²) >= 11 is 7.82. The Labute approximate surface area is 139 Å². The van der Waals surface area contributed by atoms with Crippen LogP contribution in [0.4, 0.5) is 0 Å². The SMILES string of the molecule is CC(C)(NS(=O)(=O)c1sccc1Br)c1ccc(Br)cc1. The van der Waals surface area contributed by atoms with E-state index in [1.165, 1.54) is 11.3 Å². The maximum absolute atomic E-state index is 12.4. The van der Waals surface area contributed by atoms with Crippen molar-refractivity contribution in [2.45, 2.75) is 23.6 Å². The van der Waals surface area contributed by atoms with Gasteiger partial charge >= 0.3 is 0 Å². The molecule has 0 saturated carbocycles. The molecule has 3 nitrogen and oxygen atoms in total. The zero-order valence-electron chi connectivity index (χ0n) is 10.9. The van der Waals surface area contributed by atoms with Gasteiger partial charge < -0.3 is 0 Å². The molecule has 1 heterocycles. The minimum absolute atomic E-state index is 0.294. The third kappa shape index (κ3) is 3.51. The highest BCUT2D eigenvalue weighted by atomic mass is 79.9. The second-order valence-corrected chi connectivity index (χ2v) is 9.36. The highest BCUT2D eigenvalue weighted by molar-refractivity contribution is 9.10. The van der Waals surface area contributed by atoms with Crippen LogP contribution in [0.3, 0.4) is 0 Å². The summed E-state index contributed by atoms with van der Waals surface area (Å²) in [4.78, 5) is 0. The minimum Gasteiger partial charge on any atom is -0.206 e. The normalized spacial score (nSPS) is 12.6. The Kier molecular flexibility index (Phi) is 4.76. The fourth-order valence-corrected chi connectivity index (χ4v) is 5.78. The van der Waals surface area contributed by atoms with Gasteiger partial charge in [0.25, 0.3) is 10.0 Å². The Morgan fingerprint density at radius 3 is 2.20 bits per heavy atom. The first kappa shape index (κ1) is 16.2. The summed E-state index contributed by atoms with van der Waals surface area (Å²) in [6.07, 6.45) is 0. The molecule has 1 N–H and O–H groups in total. The molecule has 0 bridgehead atoms. The highest BCUT2D eigenvalue weighted by Gasteiger charge is 2.29. The molecule has 0 spiro atoms. The van der Waals surface area contributed by atoms with E-state index in [0.717, 1.165) is 10.0 Å². The van der Waals surface area contributed by atoms with Crippen LogP contribution >= 0.6 is 43.2 Å². The molecule has 0 fully saturated rings. The Balaban J connectivity index is 2.33. The zero-order valence-corrected chi connectivity index (χ0v) is 15.7. The largest absolute Gasteiger partial charge is 0.251 e. The van der Waals surface area contributed by atoms with E-state index >= 15 is 0 Å². The predicted octanol–water partition coefficient (Wildman–Crippen LogP) is 4.49. The van der Waals surface area contributed by atoms with Gasteiger partial charge in [0.2, 0.25) is 0 Å². The molecule has 0 aliphatic heterocycles. The average molecular weight is 439 g/mol. The van der Waals surface area contributed by atoms with Crippen LogP contribution in [-0.2, 0) is 15.6 Å². The fourth-order valence-electron chi connectivity index (χ4n) is 1.78. The molecule has 0 aliphatic rings. The molecule has 0 saturated heterocycles. The first-order chi connectivity index (χ1) is 9.22. The molecule has 108 valence electrons. The highest BCUT2D eigenvalue weighted by Crippen LogP contribution is 2.30. The average Bonchev–Trinajstić information content (AvgIpc) is 2.75. The van der Waals surface area contributed by atoms with Crippen molar-refractivity contribution in [3.63, 3.8) is 0 Å². The van der Waals surface area contributed by atoms with Gasteiger partial charge in [0.05, 0.1) is 5.54 Å². The Morgan fingerprint density at radius 1 is 1.10 bits per heavy atom. The molecule has 0 aliphatic carbocycles. The van der Waals surface area contributed by atoms with Crippen molar-refractivity contribution in [3.05, 3.63) is 50.2 Å². The minimum atomic E-state index is -3.55. The molecule has 2 rings (SSSR count). The van der Waals surface area contributed by atoms with Gasteiger partial charge in [0.1, 0.15) is 4.21 Å². The van der Waals surface area contributed by atoms with E-state index in [1.807, 2.05) is 38.1 Å². The molecule has 0 unspecified atom stereocenters. The number of benzene rings is 1. The van der Waals surface area contributed by atoms with Gasteiger partial charge in [0, 0.05) is 8.95 Å². The smallest absolute Gasteiger partial charge is 0.206 e. The van der Waals surface area contributed by atoms with E-state index < -0.39 is 15.6 Å². The lowest BCUT2D eigenvalue weighted by molar-refractivity contribution is 0.473. The van der Waals surface area contributed by atoms with Gasteiger partial charge in [-0.1, -0.05) is 28.1 Å². The Hall–Kier alpha value is -0.210. The number of sulfonamides is 1. The van der Waals surface area contributed by atoms with Crippen LogP contribution in [0.25, 0.3) is 0 Å². The number of hydrogen-bond donors (Lipinski definition) is 1. The number of thiophene rings is 1. The van der Waals surface area contributed by atoms with Crippen molar-refractivity contribution in [2.24, 2.45) is 0 Å². The Morgan fingerprint density at radius 2 is 1.70 bits per heavy atom. The quantitative estimate of drug-likeness (QED) is 0.764. The molecular formula is C13H13Br2NO2S2. The summed E-state index contributed by atoms with van der Waals surface area (Å²) in [6, 6.07) is 9.32. The molecule has 0 amide bonds. The summed E-state index contributed by atoms with van der Waals surface area (Å²) in [6.45, 7) is 3.69. The van der Waals surface area contributed by atoms with Crippen LogP contribution < -0.4 is 4.72 Å². The third-order valence-corrected chi connectivity index (χ3v) is 7.64. The van der Waals surface area contributed by atoms with Crippen LogP contribution in [0.1, 0.15) is 19.4 Å².